The second-order valence-electron chi connectivity index (χ2n) is 3.58. The maximum Gasteiger partial charge on any atom is 0.332 e. The number of ether oxygens (including phenoxy) is 1. The van der Waals surface area contributed by atoms with Crippen LogP contribution in [0.4, 0.5) is 4.79 Å². The van der Waals surface area contributed by atoms with E-state index < -0.39 is 6.03 Å². The number of urea groups is 1. The Bertz CT molecular complexity index is 433. The van der Waals surface area contributed by atoms with Gasteiger partial charge in [0.1, 0.15) is 5.75 Å². The molecule has 3 N–H and O–H groups in total. The Balaban J connectivity index is 2.90. The summed E-state index contributed by atoms with van der Waals surface area (Å²) in [5.74, 6) is 0.693. The van der Waals surface area contributed by atoms with E-state index in [2.05, 4.69) is 26.5 Å². The molecule has 0 fully saturated rings. The van der Waals surface area contributed by atoms with E-state index in [0.717, 1.165) is 10.0 Å². The Labute approximate surface area is 108 Å². The molecule has 92 valence electrons. The molecule has 0 aliphatic carbocycles. The van der Waals surface area contributed by atoms with Gasteiger partial charge >= 0.3 is 6.03 Å². The molecule has 0 saturated heterocycles. The summed E-state index contributed by atoms with van der Waals surface area (Å²) in [6, 6.07) is 4.83. The molecule has 0 atom stereocenters. The molecule has 0 aromatic heterocycles. The quantitative estimate of drug-likeness (QED) is 0.661. The molecule has 0 aliphatic heterocycles. The highest BCUT2D eigenvalue weighted by molar-refractivity contribution is 9.10. The Morgan fingerprint density at radius 2 is 2.29 bits per heavy atom. The Morgan fingerprint density at radius 3 is 2.88 bits per heavy atom. The standard InChI is InChI=1S/C11H14BrN3O2/c1-7(2)17-10-4-3-9(12)5-8(10)6-14-15-11(13)16/h3-7H,1-2H3,(H3,13,15,16). The molecular formula is C11H14BrN3O2. The van der Waals surface area contributed by atoms with Gasteiger partial charge in [-0.1, -0.05) is 15.9 Å². The highest BCUT2D eigenvalue weighted by atomic mass is 79.9. The zero-order valence-electron chi connectivity index (χ0n) is 9.61. The summed E-state index contributed by atoms with van der Waals surface area (Å²) in [7, 11) is 0. The summed E-state index contributed by atoms with van der Waals surface area (Å²) in [6.45, 7) is 3.87. The first-order valence-corrected chi connectivity index (χ1v) is 5.83. The number of nitrogens with two attached hydrogens (primary N) is 1. The number of amides is 2. The summed E-state index contributed by atoms with van der Waals surface area (Å²) in [5.41, 5.74) is 7.78. The van der Waals surface area contributed by atoms with Crippen LogP contribution in [-0.4, -0.2) is 18.3 Å². The fraction of sp³-hybridized carbons (Fsp3) is 0.273. The molecule has 2 amide bonds. The minimum Gasteiger partial charge on any atom is -0.490 e. The van der Waals surface area contributed by atoms with Gasteiger partial charge in [-0.15, -0.1) is 0 Å². The number of hydrogen-bond donors (Lipinski definition) is 2. The third kappa shape index (κ3) is 4.86. The number of rotatable bonds is 4. The molecule has 1 aromatic carbocycles. The minimum absolute atomic E-state index is 0.0624. The van der Waals surface area contributed by atoms with Crippen molar-refractivity contribution < 1.29 is 9.53 Å². The SMILES string of the molecule is CC(C)Oc1ccc(Br)cc1C=NNC(N)=O. The van der Waals surface area contributed by atoms with E-state index in [4.69, 9.17) is 10.5 Å². The predicted molar refractivity (Wildman–Crippen MR) is 70.2 cm³/mol. The number of primary amides is 1. The predicted octanol–water partition coefficient (Wildman–Crippen LogP) is 2.24. The summed E-state index contributed by atoms with van der Waals surface area (Å²) in [4.78, 5) is 10.5. The van der Waals surface area contributed by atoms with Crippen molar-refractivity contribution in [3.8, 4) is 5.75 Å². The topological polar surface area (TPSA) is 76.7 Å². The van der Waals surface area contributed by atoms with Crippen LogP contribution in [-0.2, 0) is 0 Å². The molecular weight excluding hydrogens is 286 g/mol. The van der Waals surface area contributed by atoms with Crippen molar-refractivity contribution in [2.75, 3.05) is 0 Å². The van der Waals surface area contributed by atoms with E-state index in [1.54, 1.807) is 0 Å². The van der Waals surface area contributed by atoms with Crippen LogP contribution in [0.25, 0.3) is 0 Å². The fourth-order valence-electron chi connectivity index (χ4n) is 1.15. The average molecular weight is 300 g/mol. The molecule has 6 heteroatoms. The number of nitrogens with zero attached hydrogens (tertiary/aromatic N) is 1. The Morgan fingerprint density at radius 1 is 1.59 bits per heavy atom. The van der Waals surface area contributed by atoms with Crippen LogP contribution in [0.2, 0.25) is 0 Å². The van der Waals surface area contributed by atoms with Crippen LogP contribution in [0.5, 0.6) is 5.75 Å². The second kappa shape index (κ2) is 6.24. The average Bonchev–Trinajstić information content (AvgIpc) is 2.21. The van der Waals surface area contributed by atoms with Gasteiger partial charge in [0.2, 0.25) is 0 Å². The van der Waals surface area contributed by atoms with Gasteiger partial charge in [0.25, 0.3) is 0 Å². The van der Waals surface area contributed by atoms with Gasteiger partial charge in [0.05, 0.1) is 12.3 Å². The van der Waals surface area contributed by atoms with Crippen LogP contribution in [0.1, 0.15) is 19.4 Å². The van der Waals surface area contributed by atoms with E-state index in [0.29, 0.717) is 5.75 Å². The van der Waals surface area contributed by atoms with Crippen LogP contribution in [0, 0.1) is 0 Å². The van der Waals surface area contributed by atoms with Crippen molar-refractivity contribution in [2.24, 2.45) is 10.8 Å². The first-order chi connectivity index (χ1) is 7.99. The summed E-state index contributed by atoms with van der Waals surface area (Å²) >= 11 is 3.35. The number of carbonyl (C=O) groups excluding carboxylic acids is 1. The molecule has 5 nitrogen and oxygen atoms in total. The second-order valence-corrected chi connectivity index (χ2v) is 4.50. The van der Waals surface area contributed by atoms with Gasteiger partial charge in [0, 0.05) is 10.0 Å². The number of halogens is 1. The Kier molecular flexibility index (Phi) is 4.96. The zero-order valence-corrected chi connectivity index (χ0v) is 11.2. The minimum atomic E-state index is -0.706. The van der Waals surface area contributed by atoms with Crippen LogP contribution >= 0.6 is 15.9 Å². The van der Waals surface area contributed by atoms with Gasteiger partial charge in [-0.2, -0.15) is 5.10 Å². The normalized spacial score (nSPS) is 10.8. The van der Waals surface area contributed by atoms with Crippen LogP contribution in [0.3, 0.4) is 0 Å². The lowest BCUT2D eigenvalue weighted by Crippen LogP contribution is -2.24. The maximum absolute atomic E-state index is 10.5. The number of benzene rings is 1. The molecule has 0 aliphatic rings. The summed E-state index contributed by atoms with van der Waals surface area (Å²) in [5, 5.41) is 3.70. The van der Waals surface area contributed by atoms with Crippen LogP contribution in [0.15, 0.2) is 27.8 Å². The third-order valence-corrected chi connectivity index (χ3v) is 2.21. The lowest BCUT2D eigenvalue weighted by molar-refractivity contribution is 0.242. The van der Waals surface area contributed by atoms with Gasteiger partial charge < -0.3 is 10.5 Å². The zero-order chi connectivity index (χ0) is 12.8. The van der Waals surface area contributed by atoms with E-state index in [9.17, 15) is 4.79 Å². The lowest BCUT2D eigenvalue weighted by atomic mass is 10.2. The molecule has 1 aromatic rings. The van der Waals surface area contributed by atoms with Gasteiger partial charge in [-0.05, 0) is 32.0 Å². The molecule has 0 saturated carbocycles. The third-order valence-electron chi connectivity index (χ3n) is 1.71. The summed E-state index contributed by atoms with van der Waals surface area (Å²) < 4.78 is 6.50. The van der Waals surface area contributed by atoms with Crippen molar-refractivity contribution >= 4 is 28.2 Å². The highest BCUT2D eigenvalue weighted by Crippen LogP contribution is 2.22. The maximum atomic E-state index is 10.5. The lowest BCUT2D eigenvalue weighted by Gasteiger charge is -2.12. The molecule has 0 unspecified atom stereocenters. The number of nitrogens with one attached hydrogen (secondary N) is 1. The smallest absolute Gasteiger partial charge is 0.332 e. The van der Waals surface area contributed by atoms with E-state index in [1.807, 2.05) is 32.0 Å². The summed E-state index contributed by atoms with van der Waals surface area (Å²) in [6.07, 6.45) is 1.54. The molecule has 0 heterocycles. The van der Waals surface area contributed by atoms with Gasteiger partial charge in [-0.25, -0.2) is 10.2 Å². The first-order valence-electron chi connectivity index (χ1n) is 5.03. The monoisotopic (exact) mass is 299 g/mol. The van der Waals surface area contributed by atoms with Crippen molar-refractivity contribution in [1.82, 2.24) is 5.43 Å². The van der Waals surface area contributed by atoms with Crippen molar-refractivity contribution in [3.05, 3.63) is 28.2 Å². The van der Waals surface area contributed by atoms with Crippen molar-refractivity contribution in [3.63, 3.8) is 0 Å². The highest BCUT2D eigenvalue weighted by Gasteiger charge is 2.04. The molecule has 0 radical (unpaired) electrons. The number of hydrazone groups is 1. The number of hydrogen-bond acceptors (Lipinski definition) is 3. The van der Waals surface area contributed by atoms with Gasteiger partial charge in [-0.3, -0.25) is 0 Å². The van der Waals surface area contributed by atoms with Crippen molar-refractivity contribution in [1.29, 1.82) is 0 Å². The molecule has 1 rings (SSSR count). The van der Waals surface area contributed by atoms with E-state index in [-0.39, 0.29) is 6.10 Å². The largest absolute Gasteiger partial charge is 0.490 e. The fourth-order valence-corrected chi connectivity index (χ4v) is 1.53. The van der Waals surface area contributed by atoms with Crippen LogP contribution < -0.4 is 15.9 Å². The first kappa shape index (κ1) is 13.5. The number of carbonyl (C=O) groups is 1. The molecule has 0 bridgehead atoms. The Hall–Kier alpha value is -1.56. The van der Waals surface area contributed by atoms with E-state index in [1.165, 1.54) is 6.21 Å². The molecule has 17 heavy (non-hydrogen) atoms. The van der Waals surface area contributed by atoms with E-state index >= 15 is 0 Å². The van der Waals surface area contributed by atoms with Gasteiger partial charge in [0.15, 0.2) is 0 Å². The molecule has 0 spiro atoms. The van der Waals surface area contributed by atoms with Crippen molar-refractivity contribution in [2.45, 2.75) is 20.0 Å².